The van der Waals surface area contributed by atoms with Crippen LogP contribution in [0.1, 0.15) is 5.69 Å². The van der Waals surface area contributed by atoms with Crippen LogP contribution in [0.5, 0.6) is 0 Å². The van der Waals surface area contributed by atoms with E-state index >= 15 is 0 Å². The second-order valence-corrected chi connectivity index (χ2v) is 3.36. The zero-order valence-corrected chi connectivity index (χ0v) is 8.87. The monoisotopic (exact) mass is 218 g/mol. The Bertz CT molecular complexity index is 427. The zero-order valence-electron chi connectivity index (χ0n) is 8.87. The van der Waals surface area contributed by atoms with Gasteiger partial charge < -0.3 is 10.4 Å². The smallest absolute Gasteiger partial charge is 0.0969 e. The number of hydrogen-bond acceptors (Lipinski definition) is 4. The summed E-state index contributed by atoms with van der Waals surface area (Å²) >= 11 is 0. The van der Waals surface area contributed by atoms with Gasteiger partial charge in [0.2, 0.25) is 0 Å². The highest BCUT2D eigenvalue weighted by Gasteiger charge is 2.01. The highest BCUT2D eigenvalue weighted by Crippen LogP contribution is 2.03. The van der Waals surface area contributed by atoms with E-state index in [1.165, 1.54) is 0 Å². The van der Waals surface area contributed by atoms with Gasteiger partial charge in [-0.15, -0.1) is 0 Å². The van der Waals surface area contributed by atoms with Gasteiger partial charge in [-0.05, 0) is 12.1 Å². The van der Waals surface area contributed by atoms with E-state index in [0.29, 0.717) is 13.1 Å². The number of nitrogens with zero attached hydrogens (tertiary/aromatic N) is 3. The average Bonchev–Trinajstić information content (AvgIpc) is 2.79. The van der Waals surface area contributed by atoms with Crippen molar-refractivity contribution in [2.75, 3.05) is 13.2 Å². The van der Waals surface area contributed by atoms with Crippen molar-refractivity contribution in [2.24, 2.45) is 0 Å². The maximum absolute atomic E-state index is 8.62. The van der Waals surface area contributed by atoms with E-state index < -0.39 is 0 Å². The normalized spacial score (nSPS) is 10.6. The molecule has 84 valence electrons. The number of aliphatic hydroxyl groups is 1. The summed E-state index contributed by atoms with van der Waals surface area (Å²) in [5.74, 6) is 0. The molecule has 0 spiro atoms. The average molecular weight is 218 g/mol. The Morgan fingerprint density at radius 1 is 1.25 bits per heavy atom. The van der Waals surface area contributed by atoms with Crippen molar-refractivity contribution in [3.8, 4) is 5.69 Å². The standard InChI is InChI=1S/C11H14N4O/c16-7-6-12-8-10-9-13-15(14-10)11-4-2-1-3-5-11/h1-5,9,12,16H,6-8H2. The third kappa shape index (κ3) is 2.65. The van der Waals surface area contributed by atoms with Crippen LogP contribution in [0.3, 0.4) is 0 Å². The minimum absolute atomic E-state index is 0.132. The lowest BCUT2D eigenvalue weighted by molar-refractivity contribution is 0.291. The van der Waals surface area contributed by atoms with Crippen molar-refractivity contribution in [3.63, 3.8) is 0 Å². The molecule has 2 rings (SSSR count). The van der Waals surface area contributed by atoms with Crippen LogP contribution in [0.15, 0.2) is 36.5 Å². The quantitative estimate of drug-likeness (QED) is 0.711. The molecule has 16 heavy (non-hydrogen) atoms. The van der Waals surface area contributed by atoms with Crippen LogP contribution in [-0.4, -0.2) is 33.3 Å². The summed E-state index contributed by atoms with van der Waals surface area (Å²) in [7, 11) is 0. The van der Waals surface area contributed by atoms with Gasteiger partial charge in [-0.1, -0.05) is 18.2 Å². The molecule has 0 fully saturated rings. The molecule has 0 aliphatic heterocycles. The summed E-state index contributed by atoms with van der Waals surface area (Å²) in [5, 5.41) is 20.2. The molecule has 1 heterocycles. The first-order chi connectivity index (χ1) is 7.90. The molecule has 0 saturated carbocycles. The Hall–Kier alpha value is -1.72. The van der Waals surface area contributed by atoms with Crippen LogP contribution in [-0.2, 0) is 6.54 Å². The van der Waals surface area contributed by atoms with E-state index in [2.05, 4.69) is 15.5 Å². The van der Waals surface area contributed by atoms with Crippen LogP contribution < -0.4 is 5.32 Å². The summed E-state index contributed by atoms with van der Waals surface area (Å²) in [6.07, 6.45) is 1.72. The predicted molar refractivity (Wildman–Crippen MR) is 60.2 cm³/mol. The number of aliphatic hydroxyl groups excluding tert-OH is 1. The van der Waals surface area contributed by atoms with Gasteiger partial charge >= 0.3 is 0 Å². The molecular weight excluding hydrogens is 204 g/mol. The number of rotatable bonds is 5. The third-order valence-corrected chi connectivity index (χ3v) is 2.12. The summed E-state index contributed by atoms with van der Waals surface area (Å²) in [6.45, 7) is 1.32. The van der Waals surface area contributed by atoms with Crippen LogP contribution in [0.25, 0.3) is 5.69 Å². The molecule has 1 aromatic heterocycles. The Morgan fingerprint density at radius 2 is 2.06 bits per heavy atom. The third-order valence-electron chi connectivity index (χ3n) is 2.12. The van der Waals surface area contributed by atoms with Gasteiger partial charge in [0, 0.05) is 13.1 Å². The molecular formula is C11H14N4O. The molecule has 5 heteroatoms. The van der Waals surface area contributed by atoms with Crippen LogP contribution >= 0.6 is 0 Å². The van der Waals surface area contributed by atoms with Crippen molar-refractivity contribution in [2.45, 2.75) is 6.54 Å². The maximum Gasteiger partial charge on any atom is 0.0969 e. The highest BCUT2D eigenvalue weighted by molar-refractivity contribution is 5.28. The van der Waals surface area contributed by atoms with Crippen molar-refractivity contribution >= 4 is 0 Å². The minimum atomic E-state index is 0.132. The lowest BCUT2D eigenvalue weighted by Crippen LogP contribution is -2.17. The van der Waals surface area contributed by atoms with E-state index in [0.717, 1.165) is 11.4 Å². The lowest BCUT2D eigenvalue weighted by atomic mass is 10.3. The molecule has 0 atom stereocenters. The zero-order chi connectivity index (χ0) is 11.2. The van der Waals surface area contributed by atoms with Crippen molar-refractivity contribution in [1.82, 2.24) is 20.3 Å². The number of benzene rings is 1. The summed E-state index contributed by atoms with van der Waals surface area (Å²) in [4.78, 5) is 1.59. The fourth-order valence-corrected chi connectivity index (χ4v) is 1.36. The predicted octanol–water partition coefficient (Wildman–Crippen LogP) is 0.349. The lowest BCUT2D eigenvalue weighted by Gasteiger charge is -1.99. The molecule has 5 nitrogen and oxygen atoms in total. The summed E-state index contributed by atoms with van der Waals surface area (Å²) in [5.41, 5.74) is 1.80. The van der Waals surface area contributed by atoms with E-state index in [1.807, 2.05) is 30.3 Å². The van der Waals surface area contributed by atoms with Crippen LogP contribution in [0.4, 0.5) is 0 Å². The van der Waals surface area contributed by atoms with Gasteiger partial charge in [0.15, 0.2) is 0 Å². The topological polar surface area (TPSA) is 63.0 Å². The fraction of sp³-hybridized carbons (Fsp3) is 0.273. The van der Waals surface area contributed by atoms with Crippen LogP contribution in [0, 0.1) is 0 Å². The largest absolute Gasteiger partial charge is 0.395 e. The molecule has 0 radical (unpaired) electrons. The highest BCUT2D eigenvalue weighted by atomic mass is 16.3. The molecule has 0 bridgehead atoms. The first-order valence-electron chi connectivity index (χ1n) is 5.18. The van der Waals surface area contributed by atoms with Crippen molar-refractivity contribution < 1.29 is 5.11 Å². The Kier molecular flexibility index (Phi) is 3.63. The number of nitrogens with one attached hydrogen (secondary N) is 1. The molecule has 1 aromatic carbocycles. The maximum atomic E-state index is 8.62. The number of para-hydroxylation sites is 1. The molecule has 0 aliphatic rings. The van der Waals surface area contributed by atoms with Gasteiger partial charge in [-0.25, -0.2) is 0 Å². The first kappa shape index (κ1) is 10.8. The summed E-state index contributed by atoms with van der Waals surface area (Å²) < 4.78 is 0. The molecule has 2 aromatic rings. The van der Waals surface area contributed by atoms with Gasteiger partial charge in [0.1, 0.15) is 0 Å². The molecule has 0 amide bonds. The molecule has 0 aliphatic carbocycles. The fourth-order valence-electron chi connectivity index (χ4n) is 1.36. The Balaban J connectivity index is 2.02. The molecule has 2 N–H and O–H groups in total. The number of aromatic nitrogens is 3. The van der Waals surface area contributed by atoms with Gasteiger partial charge in [0.25, 0.3) is 0 Å². The van der Waals surface area contributed by atoms with E-state index in [9.17, 15) is 0 Å². The van der Waals surface area contributed by atoms with E-state index in [4.69, 9.17) is 5.11 Å². The van der Waals surface area contributed by atoms with Gasteiger partial charge in [-0.2, -0.15) is 15.0 Å². The second kappa shape index (κ2) is 5.39. The van der Waals surface area contributed by atoms with Gasteiger partial charge in [-0.3, -0.25) is 0 Å². The molecule has 0 unspecified atom stereocenters. The van der Waals surface area contributed by atoms with Gasteiger partial charge in [0.05, 0.1) is 24.2 Å². The summed E-state index contributed by atoms with van der Waals surface area (Å²) in [6, 6.07) is 9.75. The Morgan fingerprint density at radius 3 is 2.81 bits per heavy atom. The SMILES string of the molecule is OCCNCc1cnn(-c2ccccc2)n1. The van der Waals surface area contributed by atoms with E-state index in [1.54, 1.807) is 11.0 Å². The van der Waals surface area contributed by atoms with Crippen molar-refractivity contribution in [3.05, 3.63) is 42.2 Å². The van der Waals surface area contributed by atoms with E-state index in [-0.39, 0.29) is 6.61 Å². The Labute approximate surface area is 93.7 Å². The molecule has 0 saturated heterocycles. The van der Waals surface area contributed by atoms with Crippen LogP contribution in [0.2, 0.25) is 0 Å². The minimum Gasteiger partial charge on any atom is -0.395 e. The first-order valence-corrected chi connectivity index (χ1v) is 5.18. The number of hydrogen-bond donors (Lipinski definition) is 2. The second-order valence-electron chi connectivity index (χ2n) is 3.36. The van der Waals surface area contributed by atoms with Crippen molar-refractivity contribution in [1.29, 1.82) is 0 Å².